The molecule has 0 amide bonds. The van der Waals surface area contributed by atoms with Gasteiger partial charge in [-0.3, -0.25) is 0 Å². The summed E-state index contributed by atoms with van der Waals surface area (Å²) < 4.78 is 5.56. The highest BCUT2D eigenvalue weighted by Gasteiger charge is 2.04. The maximum atomic E-state index is 8.99. The molecule has 3 nitrogen and oxygen atoms in total. The van der Waals surface area contributed by atoms with Gasteiger partial charge in [-0.25, -0.2) is 4.98 Å². The number of nitrogens with zero attached hydrogens (tertiary/aromatic N) is 1. The van der Waals surface area contributed by atoms with Crippen molar-refractivity contribution in [1.29, 1.82) is 0 Å². The Morgan fingerprint density at radius 3 is 2.79 bits per heavy atom. The third kappa shape index (κ3) is 3.00. The van der Waals surface area contributed by atoms with Crippen LogP contribution in [0, 0.1) is 6.92 Å². The molecule has 0 saturated heterocycles. The van der Waals surface area contributed by atoms with Crippen LogP contribution in [0.1, 0.15) is 31.5 Å². The predicted molar refractivity (Wildman–Crippen MR) is 55.3 cm³/mol. The van der Waals surface area contributed by atoms with Gasteiger partial charge in [0.25, 0.3) is 0 Å². The average molecular weight is 195 g/mol. The Labute approximate surface area is 84.7 Å². The number of aryl methyl sites for hydroxylation is 1. The van der Waals surface area contributed by atoms with Gasteiger partial charge >= 0.3 is 0 Å². The fraction of sp³-hybridized carbons (Fsp3) is 0.545. The standard InChI is InChI=1S/C11H17NO2/c1-4-9(3)14-11-6-10(7-13)5-8(2)12-11/h5-6,9,13H,4,7H2,1-3H3. The van der Waals surface area contributed by atoms with Gasteiger partial charge in [0.2, 0.25) is 5.88 Å². The zero-order chi connectivity index (χ0) is 10.6. The maximum Gasteiger partial charge on any atom is 0.214 e. The monoisotopic (exact) mass is 195 g/mol. The van der Waals surface area contributed by atoms with Crippen molar-refractivity contribution in [3.8, 4) is 5.88 Å². The van der Waals surface area contributed by atoms with Gasteiger partial charge in [-0.1, -0.05) is 6.92 Å². The minimum absolute atomic E-state index is 0.0280. The molecule has 0 aliphatic rings. The first-order valence-electron chi connectivity index (χ1n) is 4.90. The molecular formula is C11H17NO2. The number of ether oxygens (including phenoxy) is 1. The van der Waals surface area contributed by atoms with Crippen LogP contribution in [0.25, 0.3) is 0 Å². The topological polar surface area (TPSA) is 42.4 Å². The zero-order valence-corrected chi connectivity index (χ0v) is 8.95. The molecule has 0 aliphatic heterocycles. The summed E-state index contributed by atoms with van der Waals surface area (Å²) in [6, 6.07) is 3.63. The maximum absolute atomic E-state index is 8.99. The third-order valence-electron chi connectivity index (χ3n) is 2.07. The van der Waals surface area contributed by atoms with Crippen LogP contribution >= 0.6 is 0 Å². The SMILES string of the molecule is CCC(C)Oc1cc(CO)cc(C)n1. The summed E-state index contributed by atoms with van der Waals surface area (Å²) in [7, 11) is 0. The van der Waals surface area contributed by atoms with E-state index in [1.807, 2.05) is 19.9 Å². The third-order valence-corrected chi connectivity index (χ3v) is 2.07. The van der Waals surface area contributed by atoms with Crippen molar-refractivity contribution in [3.63, 3.8) is 0 Å². The first kappa shape index (κ1) is 11.0. The minimum atomic E-state index is 0.0280. The summed E-state index contributed by atoms with van der Waals surface area (Å²) in [5.41, 5.74) is 1.71. The smallest absolute Gasteiger partial charge is 0.214 e. The van der Waals surface area contributed by atoms with E-state index in [0.717, 1.165) is 17.7 Å². The van der Waals surface area contributed by atoms with Gasteiger partial charge in [-0.2, -0.15) is 0 Å². The highest BCUT2D eigenvalue weighted by atomic mass is 16.5. The summed E-state index contributed by atoms with van der Waals surface area (Å²) in [6.45, 7) is 5.99. The van der Waals surface area contributed by atoms with Crippen LogP contribution in [0.2, 0.25) is 0 Å². The van der Waals surface area contributed by atoms with Crippen LogP contribution < -0.4 is 4.74 Å². The molecule has 78 valence electrons. The van der Waals surface area contributed by atoms with E-state index in [0.29, 0.717) is 5.88 Å². The molecule has 0 spiro atoms. The summed E-state index contributed by atoms with van der Waals surface area (Å²) in [6.07, 6.45) is 1.11. The first-order chi connectivity index (χ1) is 6.65. The van der Waals surface area contributed by atoms with Gasteiger partial charge in [0.1, 0.15) is 0 Å². The second-order valence-electron chi connectivity index (χ2n) is 3.45. The van der Waals surface area contributed by atoms with Crippen LogP contribution in [0.3, 0.4) is 0 Å². The van der Waals surface area contributed by atoms with Crippen molar-refractivity contribution in [2.45, 2.75) is 39.9 Å². The molecule has 0 radical (unpaired) electrons. The van der Waals surface area contributed by atoms with E-state index in [2.05, 4.69) is 11.9 Å². The van der Waals surface area contributed by atoms with Crippen molar-refractivity contribution in [3.05, 3.63) is 23.4 Å². The highest BCUT2D eigenvalue weighted by molar-refractivity contribution is 5.24. The predicted octanol–water partition coefficient (Wildman–Crippen LogP) is 2.06. The highest BCUT2D eigenvalue weighted by Crippen LogP contribution is 2.14. The quantitative estimate of drug-likeness (QED) is 0.799. The second-order valence-corrected chi connectivity index (χ2v) is 3.45. The van der Waals surface area contributed by atoms with Gasteiger partial charge in [0.15, 0.2) is 0 Å². The first-order valence-corrected chi connectivity index (χ1v) is 4.90. The van der Waals surface area contributed by atoms with Crippen molar-refractivity contribution in [1.82, 2.24) is 4.98 Å². The van der Waals surface area contributed by atoms with Crippen molar-refractivity contribution in [2.75, 3.05) is 0 Å². The van der Waals surface area contributed by atoms with E-state index >= 15 is 0 Å². The van der Waals surface area contributed by atoms with Crippen LogP contribution in [-0.4, -0.2) is 16.2 Å². The number of pyridine rings is 1. The van der Waals surface area contributed by atoms with Gasteiger partial charge in [0.05, 0.1) is 12.7 Å². The van der Waals surface area contributed by atoms with E-state index in [4.69, 9.17) is 9.84 Å². The zero-order valence-electron chi connectivity index (χ0n) is 8.95. The molecule has 0 aliphatic carbocycles. The summed E-state index contributed by atoms with van der Waals surface area (Å²) >= 11 is 0. The number of hydrogen-bond donors (Lipinski definition) is 1. The lowest BCUT2D eigenvalue weighted by molar-refractivity contribution is 0.207. The van der Waals surface area contributed by atoms with Crippen LogP contribution in [0.15, 0.2) is 12.1 Å². The van der Waals surface area contributed by atoms with Crippen molar-refractivity contribution >= 4 is 0 Å². The van der Waals surface area contributed by atoms with Crippen LogP contribution in [0.5, 0.6) is 5.88 Å². The Morgan fingerprint density at radius 1 is 1.50 bits per heavy atom. The number of hydrogen-bond acceptors (Lipinski definition) is 3. The molecule has 0 fully saturated rings. The largest absolute Gasteiger partial charge is 0.475 e. The van der Waals surface area contributed by atoms with E-state index in [1.165, 1.54) is 0 Å². The molecule has 3 heteroatoms. The fourth-order valence-corrected chi connectivity index (χ4v) is 1.15. The molecule has 14 heavy (non-hydrogen) atoms. The lowest BCUT2D eigenvalue weighted by atomic mass is 10.2. The Bertz CT molecular complexity index is 299. The normalized spacial score (nSPS) is 12.6. The summed E-state index contributed by atoms with van der Waals surface area (Å²) in [4.78, 5) is 4.24. The molecule has 1 heterocycles. The molecule has 1 rings (SSSR count). The molecule has 0 saturated carbocycles. The van der Waals surface area contributed by atoms with Gasteiger partial charge in [-0.15, -0.1) is 0 Å². The van der Waals surface area contributed by atoms with Gasteiger partial charge < -0.3 is 9.84 Å². The molecule has 1 unspecified atom stereocenters. The van der Waals surface area contributed by atoms with Crippen LogP contribution in [0.4, 0.5) is 0 Å². The molecule has 0 aromatic carbocycles. The van der Waals surface area contributed by atoms with E-state index < -0.39 is 0 Å². The van der Waals surface area contributed by atoms with Crippen molar-refractivity contribution in [2.24, 2.45) is 0 Å². The molecule has 1 atom stereocenters. The van der Waals surface area contributed by atoms with E-state index in [1.54, 1.807) is 6.07 Å². The molecule has 1 aromatic heterocycles. The lowest BCUT2D eigenvalue weighted by Gasteiger charge is -2.12. The van der Waals surface area contributed by atoms with Gasteiger partial charge in [0, 0.05) is 11.8 Å². The summed E-state index contributed by atoms with van der Waals surface area (Å²) in [5.74, 6) is 0.600. The summed E-state index contributed by atoms with van der Waals surface area (Å²) in [5, 5.41) is 8.99. The van der Waals surface area contributed by atoms with Crippen LogP contribution in [-0.2, 0) is 6.61 Å². The lowest BCUT2D eigenvalue weighted by Crippen LogP contribution is -2.11. The minimum Gasteiger partial charge on any atom is -0.475 e. The van der Waals surface area contributed by atoms with Gasteiger partial charge in [-0.05, 0) is 31.9 Å². The number of aliphatic hydroxyl groups is 1. The number of aromatic nitrogens is 1. The average Bonchev–Trinajstić information content (AvgIpc) is 2.16. The number of rotatable bonds is 4. The fourth-order valence-electron chi connectivity index (χ4n) is 1.15. The molecule has 1 N–H and O–H groups in total. The molecule has 1 aromatic rings. The molecule has 0 bridgehead atoms. The Morgan fingerprint density at radius 2 is 2.21 bits per heavy atom. The molecular weight excluding hydrogens is 178 g/mol. The van der Waals surface area contributed by atoms with E-state index in [-0.39, 0.29) is 12.7 Å². The Balaban J connectivity index is 2.81. The Hall–Kier alpha value is -1.09. The number of aliphatic hydroxyl groups excluding tert-OH is 1. The Kier molecular flexibility index (Phi) is 3.89. The van der Waals surface area contributed by atoms with Crippen molar-refractivity contribution < 1.29 is 9.84 Å². The van der Waals surface area contributed by atoms with E-state index in [9.17, 15) is 0 Å². The second kappa shape index (κ2) is 4.96.